The molecule has 1 aromatic carbocycles. The summed E-state index contributed by atoms with van der Waals surface area (Å²) in [6, 6.07) is 3.20. The SMILES string of the molecule is COc1cc(S(=O)(=O)N2C[C@@H](C)O[C@H](C)C2)c(OC)cc1C. The van der Waals surface area contributed by atoms with Crippen LogP contribution >= 0.6 is 0 Å². The number of rotatable bonds is 4. The third-order valence-electron chi connectivity index (χ3n) is 3.69. The van der Waals surface area contributed by atoms with Gasteiger partial charge in [-0.1, -0.05) is 0 Å². The maximum Gasteiger partial charge on any atom is 0.247 e. The Hall–Kier alpha value is -1.31. The van der Waals surface area contributed by atoms with E-state index in [9.17, 15) is 8.42 Å². The van der Waals surface area contributed by atoms with Crippen molar-refractivity contribution in [3.8, 4) is 11.5 Å². The minimum Gasteiger partial charge on any atom is -0.496 e. The van der Waals surface area contributed by atoms with Gasteiger partial charge in [0.1, 0.15) is 16.4 Å². The molecule has 0 aliphatic carbocycles. The standard InChI is InChI=1S/C15H23NO5S/c1-10-6-14(20-5)15(7-13(10)19-4)22(17,18)16-8-11(2)21-12(3)9-16/h6-7,11-12H,8-9H2,1-5H3/t11-,12-/m1/s1. The van der Waals surface area contributed by atoms with Crippen molar-refractivity contribution in [1.82, 2.24) is 4.31 Å². The summed E-state index contributed by atoms with van der Waals surface area (Å²) < 4.78 is 43.5. The molecule has 1 aliphatic rings. The van der Waals surface area contributed by atoms with Crippen molar-refractivity contribution in [2.75, 3.05) is 27.3 Å². The average molecular weight is 329 g/mol. The first-order valence-corrected chi connectivity index (χ1v) is 8.61. The van der Waals surface area contributed by atoms with Gasteiger partial charge < -0.3 is 14.2 Å². The molecule has 1 aliphatic heterocycles. The quantitative estimate of drug-likeness (QED) is 0.843. The smallest absolute Gasteiger partial charge is 0.247 e. The Morgan fingerprint density at radius 1 is 1.09 bits per heavy atom. The van der Waals surface area contributed by atoms with Crippen molar-refractivity contribution in [3.63, 3.8) is 0 Å². The van der Waals surface area contributed by atoms with Gasteiger partial charge >= 0.3 is 0 Å². The highest BCUT2D eigenvalue weighted by Gasteiger charge is 2.34. The molecule has 0 bridgehead atoms. The number of ether oxygens (including phenoxy) is 3. The summed E-state index contributed by atoms with van der Waals surface area (Å²) in [6.45, 7) is 6.23. The van der Waals surface area contributed by atoms with Crippen molar-refractivity contribution in [2.45, 2.75) is 37.9 Å². The van der Waals surface area contributed by atoms with Crippen LogP contribution in [0.25, 0.3) is 0 Å². The summed E-state index contributed by atoms with van der Waals surface area (Å²) in [5.41, 5.74) is 0.821. The van der Waals surface area contributed by atoms with Crippen LogP contribution in [0.15, 0.2) is 17.0 Å². The largest absolute Gasteiger partial charge is 0.496 e. The van der Waals surface area contributed by atoms with Crippen molar-refractivity contribution in [3.05, 3.63) is 17.7 Å². The van der Waals surface area contributed by atoms with Gasteiger partial charge in [-0.2, -0.15) is 4.31 Å². The van der Waals surface area contributed by atoms with Gasteiger partial charge in [0.05, 0.1) is 26.4 Å². The van der Waals surface area contributed by atoms with E-state index in [1.165, 1.54) is 24.6 Å². The second-order valence-corrected chi connectivity index (χ2v) is 7.46. The lowest BCUT2D eigenvalue weighted by atomic mass is 10.2. The second-order valence-electron chi connectivity index (χ2n) is 5.55. The average Bonchev–Trinajstić information content (AvgIpc) is 2.45. The van der Waals surface area contributed by atoms with Crippen LogP contribution in [0.4, 0.5) is 0 Å². The van der Waals surface area contributed by atoms with Crippen LogP contribution in [0.1, 0.15) is 19.4 Å². The van der Waals surface area contributed by atoms with E-state index >= 15 is 0 Å². The molecule has 2 atom stereocenters. The predicted molar refractivity (Wildman–Crippen MR) is 83.1 cm³/mol. The molecule has 0 radical (unpaired) electrons. The van der Waals surface area contributed by atoms with Gasteiger partial charge in [0.25, 0.3) is 0 Å². The summed E-state index contributed by atoms with van der Waals surface area (Å²) in [5.74, 6) is 0.846. The van der Waals surface area contributed by atoms with Gasteiger partial charge in [0.15, 0.2) is 0 Å². The number of aryl methyl sites for hydroxylation is 1. The van der Waals surface area contributed by atoms with E-state index in [0.29, 0.717) is 24.6 Å². The third-order valence-corrected chi connectivity index (χ3v) is 5.54. The Morgan fingerprint density at radius 2 is 1.64 bits per heavy atom. The fraction of sp³-hybridized carbons (Fsp3) is 0.600. The Kier molecular flexibility index (Phi) is 4.99. The number of nitrogens with zero attached hydrogens (tertiary/aromatic N) is 1. The van der Waals surface area contributed by atoms with Crippen LogP contribution in [0.2, 0.25) is 0 Å². The number of hydrogen-bond donors (Lipinski definition) is 0. The molecule has 1 fully saturated rings. The van der Waals surface area contributed by atoms with E-state index in [0.717, 1.165) is 5.56 Å². The molecule has 0 amide bonds. The highest BCUT2D eigenvalue weighted by molar-refractivity contribution is 7.89. The molecule has 0 unspecified atom stereocenters. The van der Waals surface area contributed by atoms with E-state index in [1.807, 2.05) is 20.8 Å². The van der Waals surface area contributed by atoms with Crippen molar-refractivity contribution in [1.29, 1.82) is 0 Å². The maximum atomic E-state index is 13.0. The predicted octanol–water partition coefficient (Wildman–Crippen LogP) is 1.81. The van der Waals surface area contributed by atoms with Crippen molar-refractivity contribution < 1.29 is 22.6 Å². The Balaban J connectivity index is 2.48. The molecule has 0 saturated carbocycles. The molecule has 0 aromatic heterocycles. The topological polar surface area (TPSA) is 65.1 Å². The number of benzene rings is 1. The highest BCUT2D eigenvalue weighted by Crippen LogP contribution is 2.34. The molecule has 7 heteroatoms. The maximum absolute atomic E-state index is 13.0. The first-order chi connectivity index (χ1) is 10.3. The zero-order valence-electron chi connectivity index (χ0n) is 13.6. The highest BCUT2D eigenvalue weighted by atomic mass is 32.2. The lowest BCUT2D eigenvalue weighted by Crippen LogP contribution is -2.48. The molecular formula is C15H23NO5S. The third kappa shape index (κ3) is 3.21. The normalized spacial score (nSPS) is 23.3. The minimum atomic E-state index is -3.67. The fourth-order valence-electron chi connectivity index (χ4n) is 2.69. The number of morpholine rings is 1. The van der Waals surface area contributed by atoms with Gasteiger partial charge in [-0.3, -0.25) is 0 Å². The molecule has 0 spiro atoms. The Morgan fingerprint density at radius 3 is 2.14 bits per heavy atom. The van der Waals surface area contributed by atoms with E-state index in [1.54, 1.807) is 6.07 Å². The van der Waals surface area contributed by atoms with Crippen molar-refractivity contribution in [2.24, 2.45) is 0 Å². The van der Waals surface area contributed by atoms with E-state index in [4.69, 9.17) is 14.2 Å². The van der Waals surface area contributed by atoms with Crippen molar-refractivity contribution >= 4 is 10.0 Å². The molecular weight excluding hydrogens is 306 g/mol. The first kappa shape index (κ1) is 17.1. The molecule has 1 saturated heterocycles. The van der Waals surface area contributed by atoms with E-state index < -0.39 is 10.0 Å². The number of sulfonamides is 1. The lowest BCUT2D eigenvalue weighted by molar-refractivity contribution is -0.0441. The van der Waals surface area contributed by atoms with Crippen LogP contribution in [0.5, 0.6) is 11.5 Å². The Labute approximate surface area is 132 Å². The molecule has 124 valence electrons. The molecule has 1 aromatic rings. The summed E-state index contributed by atoms with van der Waals surface area (Å²) >= 11 is 0. The zero-order valence-corrected chi connectivity index (χ0v) is 14.4. The van der Waals surface area contributed by atoms with Gasteiger partial charge in [-0.15, -0.1) is 0 Å². The van der Waals surface area contributed by atoms with E-state index in [2.05, 4.69) is 0 Å². The van der Waals surface area contributed by atoms with Gasteiger partial charge in [0.2, 0.25) is 10.0 Å². The van der Waals surface area contributed by atoms with Crippen LogP contribution in [-0.4, -0.2) is 52.2 Å². The summed E-state index contributed by atoms with van der Waals surface area (Å²) in [4.78, 5) is 0.124. The van der Waals surface area contributed by atoms with Crippen LogP contribution in [0.3, 0.4) is 0 Å². The number of hydrogen-bond acceptors (Lipinski definition) is 5. The molecule has 1 heterocycles. The van der Waals surface area contributed by atoms with Crippen LogP contribution in [-0.2, 0) is 14.8 Å². The molecule has 6 nitrogen and oxygen atoms in total. The van der Waals surface area contributed by atoms with Crippen LogP contribution in [0, 0.1) is 6.92 Å². The minimum absolute atomic E-state index is 0.124. The van der Waals surface area contributed by atoms with Crippen LogP contribution < -0.4 is 9.47 Å². The summed E-state index contributed by atoms with van der Waals surface area (Å²) in [5, 5.41) is 0. The molecule has 0 N–H and O–H groups in total. The first-order valence-electron chi connectivity index (χ1n) is 7.17. The van der Waals surface area contributed by atoms with Gasteiger partial charge in [-0.05, 0) is 32.4 Å². The van der Waals surface area contributed by atoms with Gasteiger partial charge in [0, 0.05) is 19.2 Å². The monoisotopic (exact) mass is 329 g/mol. The molecule has 22 heavy (non-hydrogen) atoms. The Bertz CT molecular complexity index is 634. The summed E-state index contributed by atoms with van der Waals surface area (Å²) in [6.07, 6.45) is -0.284. The summed E-state index contributed by atoms with van der Waals surface area (Å²) in [7, 11) is -0.691. The lowest BCUT2D eigenvalue weighted by Gasteiger charge is -2.34. The fourth-order valence-corrected chi connectivity index (χ4v) is 4.43. The number of methoxy groups -OCH3 is 2. The molecule has 2 rings (SSSR count). The second kappa shape index (κ2) is 6.44. The van der Waals surface area contributed by atoms with E-state index in [-0.39, 0.29) is 17.1 Å². The van der Waals surface area contributed by atoms with Gasteiger partial charge in [-0.25, -0.2) is 8.42 Å². The zero-order chi connectivity index (χ0) is 16.5.